The second kappa shape index (κ2) is 6.81. The molecule has 0 radical (unpaired) electrons. The molecule has 0 aromatic heterocycles. The molecule has 0 bridgehead atoms. The fraction of sp³-hybridized carbons (Fsp3) is 0.538. The Kier molecular flexibility index (Phi) is 5.08. The van der Waals surface area contributed by atoms with E-state index in [2.05, 4.69) is 10.1 Å². The third-order valence-electron chi connectivity index (χ3n) is 2.65. The van der Waals surface area contributed by atoms with Crippen LogP contribution in [-0.2, 0) is 11.3 Å². The number of nitrogens with one attached hydrogen (secondary N) is 1. The molecule has 1 aliphatic heterocycles. The number of hydrogen-bond donors (Lipinski definition) is 1. The SMILES string of the molecule is FC(F)(F)COCCNCc1cccc2c1OCCO2. The van der Waals surface area contributed by atoms with E-state index < -0.39 is 12.8 Å². The maximum Gasteiger partial charge on any atom is 0.411 e. The van der Waals surface area contributed by atoms with Crippen molar-refractivity contribution in [3.8, 4) is 11.5 Å². The van der Waals surface area contributed by atoms with Crippen molar-refractivity contribution in [3.63, 3.8) is 0 Å². The molecule has 4 nitrogen and oxygen atoms in total. The second-order valence-electron chi connectivity index (χ2n) is 4.29. The third kappa shape index (κ3) is 4.57. The van der Waals surface area contributed by atoms with Crippen LogP contribution < -0.4 is 14.8 Å². The van der Waals surface area contributed by atoms with Crippen molar-refractivity contribution in [3.05, 3.63) is 23.8 Å². The minimum atomic E-state index is -4.27. The first-order valence-corrected chi connectivity index (χ1v) is 6.29. The number of para-hydroxylation sites is 1. The molecule has 0 spiro atoms. The van der Waals surface area contributed by atoms with Crippen molar-refractivity contribution in [2.24, 2.45) is 0 Å². The molecule has 0 saturated carbocycles. The van der Waals surface area contributed by atoms with Crippen molar-refractivity contribution in [2.75, 3.05) is 33.0 Å². The second-order valence-corrected chi connectivity index (χ2v) is 4.29. The molecule has 1 N–H and O–H groups in total. The van der Waals surface area contributed by atoms with Gasteiger partial charge in [-0.2, -0.15) is 13.2 Å². The van der Waals surface area contributed by atoms with Crippen LogP contribution in [0.15, 0.2) is 18.2 Å². The predicted molar refractivity (Wildman–Crippen MR) is 66.0 cm³/mol. The summed E-state index contributed by atoms with van der Waals surface area (Å²) in [6.07, 6.45) is -4.27. The van der Waals surface area contributed by atoms with Crippen LogP contribution in [0.1, 0.15) is 5.56 Å². The van der Waals surface area contributed by atoms with Crippen LogP contribution in [0.3, 0.4) is 0 Å². The summed E-state index contributed by atoms with van der Waals surface area (Å²) < 4.78 is 51.0. The molecular weight excluding hydrogens is 275 g/mol. The van der Waals surface area contributed by atoms with E-state index in [0.717, 1.165) is 5.56 Å². The number of benzene rings is 1. The van der Waals surface area contributed by atoms with E-state index in [9.17, 15) is 13.2 Å². The molecule has 0 aliphatic carbocycles. The first kappa shape index (κ1) is 14.9. The number of hydrogen-bond acceptors (Lipinski definition) is 4. The van der Waals surface area contributed by atoms with Gasteiger partial charge in [0.1, 0.15) is 19.8 Å². The molecule has 0 amide bonds. The van der Waals surface area contributed by atoms with Crippen molar-refractivity contribution >= 4 is 0 Å². The van der Waals surface area contributed by atoms with Crippen molar-refractivity contribution in [1.29, 1.82) is 0 Å². The summed E-state index contributed by atoms with van der Waals surface area (Å²) in [6.45, 7) is 0.634. The van der Waals surface area contributed by atoms with Crippen LogP contribution in [-0.4, -0.2) is 39.1 Å². The van der Waals surface area contributed by atoms with Gasteiger partial charge in [-0.25, -0.2) is 0 Å². The van der Waals surface area contributed by atoms with Crippen molar-refractivity contribution < 1.29 is 27.4 Å². The van der Waals surface area contributed by atoms with Gasteiger partial charge in [0.25, 0.3) is 0 Å². The Hall–Kier alpha value is -1.47. The molecular formula is C13H16F3NO3. The lowest BCUT2D eigenvalue weighted by atomic mass is 10.1. The highest BCUT2D eigenvalue weighted by atomic mass is 19.4. The Morgan fingerprint density at radius 3 is 2.80 bits per heavy atom. The molecule has 0 saturated heterocycles. The number of fused-ring (bicyclic) bond motifs is 1. The van der Waals surface area contributed by atoms with Gasteiger partial charge in [-0.05, 0) is 6.07 Å². The lowest BCUT2D eigenvalue weighted by Crippen LogP contribution is -2.24. The molecule has 2 rings (SSSR count). The molecule has 0 fully saturated rings. The summed E-state index contributed by atoms with van der Waals surface area (Å²) in [4.78, 5) is 0. The van der Waals surface area contributed by atoms with E-state index in [1.165, 1.54) is 0 Å². The maximum absolute atomic E-state index is 11.8. The van der Waals surface area contributed by atoms with Crippen molar-refractivity contribution in [1.82, 2.24) is 5.32 Å². The van der Waals surface area contributed by atoms with Gasteiger partial charge < -0.3 is 19.5 Å². The average Bonchev–Trinajstić information content (AvgIpc) is 2.41. The summed E-state index contributed by atoms with van der Waals surface area (Å²) in [5.41, 5.74) is 0.915. The number of halogens is 3. The zero-order valence-corrected chi connectivity index (χ0v) is 10.8. The molecule has 1 aromatic carbocycles. The smallest absolute Gasteiger partial charge is 0.411 e. The lowest BCUT2D eigenvalue weighted by molar-refractivity contribution is -0.173. The van der Waals surface area contributed by atoms with E-state index in [1.54, 1.807) is 0 Å². The molecule has 20 heavy (non-hydrogen) atoms. The van der Waals surface area contributed by atoms with Crippen LogP contribution in [0.4, 0.5) is 13.2 Å². The highest BCUT2D eigenvalue weighted by molar-refractivity contribution is 5.47. The molecule has 1 heterocycles. The predicted octanol–water partition coefficient (Wildman–Crippen LogP) is 2.13. The number of rotatable bonds is 6. The normalized spacial score (nSPS) is 14.3. The van der Waals surface area contributed by atoms with Crippen LogP contribution in [0, 0.1) is 0 Å². The average molecular weight is 291 g/mol. The Morgan fingerprint density at radius 1 is 1.20 bits per heavy atom. The summed E-state index contributed by atoms with van der Waals surface area (Å²) in [6, 6.07) is 5.56. The fourth-order valence-electron chi connectivity index (χ4n) is 1.83. The minimum absolute atomic E-state index is 0.00584. The molecule has 0 unspecified atom stereocenters. The first-order chi connectivity index (χ1) is 9.56. The Labute approximate surface area is 114 Å². The van der Waals surface area contributed by atoms with Crippen LogP contribution in [0.25, 0.3) is 0 Å². The van der Waals surface area contributed by atoms with Gasteiger partial charge >= 0.3 is 6.18 Å². The van der Waals surface area contributed by atoms with Crippen LogP contribution in [0.2, 0.25) is 0 Å². The Bertz CT molecular complexity index is 437. The van der Waals surface area contributed by atoms with Gasteiger partial charge in [-0.3, -0.25) is 0 Å². The zero-order valence-electron chi connectivity index (χ0n) is 10.8. The largest absolute Gasteiger partial charge is 0.486 e. The maximum atomic E-state index is 11.8. The Balaban J connectivity index is 1.72. The number of ether oxygens (including phenoxy) is 3. The highest BCUT2D eigenvalue weighted by Gasteiger charge is 2.27. The molecule has 7 heteroatoms. The van der Waals surface area contributed by atoms with E-state index in [1.807, 2.05) is 18.2 Å². The van der Waals surface area contributed by atoms with Crippen LogP contribution in [0.5, 0.6) is 11.5 Å². The highest BCUT2D eigenvalue weighted by Crippen LogP contribution is 2.33. The van der Waals surface area contributed by atoms with Gasteiger partial charge in [0.15, 0.2) is 11.5 Å². The molecule has 112 valence electrons. The summed E-state index contributed by atoms with van der Waals surface area (Å²) >= 11 is 0. The molecule has 0 atom stereocenters. The lowest BCUT2D eigenvalue weighted by Gasteiger charge is -2.21. The van der Waals surface area contributed by atoms with Crippen molar-refractivity contribution in [2.45, 2.75) is 12.7 Å². The molecule has 1 aromatic rings. The Morgan fingerprint density at radius 2 is 2.00 bits per heavy atom. The van der Waals surface area contributed by atoms with E-state index in [-0.39, 0.29) is 6.61 Å². The minimum Gasteiger partial charge on any atom is -0.486 e. The van der Waals surface area contributed by atoms with Gasteiger partial charge in [-0.1, -0.05) is 12.1 Å². The number of alkyl halides is 3. The van der Waals surface area contributed by atoms with Gasteiger partial charge in [0.05, 0.1) is 6.61 Å². The van der Waals surface area contributed by atoms with E-state index in [4.69, 9.17) is 9.47 Å². The quantitative estimate of drug-likeness (QED) is 0.815. The van der Waals surface area contributed by atoms with E-state index >= 15 is 0 Å². The molecule has 1 aliphatic rings. The standard InChI is InChI=1S/C13H16F3NO3/c14-13(15,16)9-18-5-4-17-8-10-2-1-3-11-12(10)20-7-6-19-11/h1-3,17H,4-9H2. The first-order valence-electron chi connectivity index (χ1n) is 6.29. The van der Waals surface area contributed by atoms with E-state index in [0.29, 0.717) is 37.8 Å². The zero-order chi connectivity index (χ0) is 14.4. The van der Waals surface area contributed by atoms with Crippen LogP contribution >= 0.6 is 0 Å². The summed E-state index contributed by atoms with van der Waals surface area (Å²) in [7, 11) is 0. The monoisotopic (exact) mass is 291 g/mol. The third-order valence-corrected chi connectivity index (χ3v) is 2.65. The van der Waals surface area contributed by atoms with Gasteiger partial charge in [0, 0.05) is 18.7 Å². The fourth-order valence-corrected chi connectivity index (χ4v) is 1.83. The summed E-state index contributed by atoms with van der Waals surface area (Å²) in [5, 5.41) is 3.01. The van der Waals surface area contributed by atoms with Gasteiger partial charge in [0.2, 0.25) is 0 Å². The topological polar surface area (TPSA) is 39.7 Å². The summed E-state index contributed by atoms with van der Waals surface area (Å²) in [5.74, 6) is 1.39. The van der Waals surface area contributed by atoms with Gasteiger partial charge in [-0.15, -0.1) is 0 Å².